The molecule has 1 N–H and O–H groups in total. The van der Waals surface area contributed by atoms with Gasteiger partial charge >= 0.3 is 0 Å². The van der Waals surface area contributed by atoms with E-state index >= 15 is 0 Å². The number of carbonyl (C=O) groups is 2. The summed E-state index contributed by atoms with van der Waals surface area (Å²) < 4.78 is 2.04. The van der Waals surface area contributed by atoms with Gasteiger partial charge in [-0.2, -0.15) is 5.10 Å². The maximum absolute atomic E-state index is 13.3. The molecule has 0 bridgehead atoms. The Morgan fingerprint density at radius 3 is 1.96 bits per heavy atom. The Bertz CT molecular complexity index is 2310. The number of Topliss-reactive ketones (excluding diaryl/α,β-unsaturated/α-hetero) is 1. The number of hydrogen-bond donors (Lipinski definition) is 1. The zero-order chi connectivity index (χ0) is 34.6. The van der Waals surface area contributed by atoms with Crippen molar-refractivity contribution in [1.29, 1.82) is 0 Å². The zero-order valence-corrected chi connectivity index (χ0v) is 27.0. The van der Waals surface area contributed by atoms with E-state index < -0.39 is 40.0 Å². The molecule has 6 rings (SSSR count). The van der Waals surface area contributed by atoms with Gasteiger partial charge in [-0.1, -0.05) is 31.4 Å². The largest absolute Gasteiger partial charge is 0.506 e. The number of nitrogens with zero attached hydrogens (tertiary/aromatic N) is 5. The monoisotopic (exact) mass is 647 g/mol. The minimum Gasteiger partial charge on any atom is -0.506 e. The first kappa shape index (κ1) is 32.1. The number of carbonyl (C=O) groups excluding carboxylic acids is 2. The summed E-state index contributed by atoms with van der Waals surface area (Å²) >= 11 is 0. The molecule has 1 atom stereocenters. The molecule has 3 heterocycles. The molecule has 4 aromatic rings. The Kier molecular flexibility index (Phi) is 8.08. The standard InChI is InChI=1S/C36H33N5O7/c1-6-9-14-40-36(48)27(20(5)37-40)29-30(42)28(31(29)43)21-10-12-22(13-11-21)38(8-3)15-16-39-32(44)23-17-25-26(18-24(23)33(39)45)35(47)41(34(25)46)19(4)7-2/h2,10-13,17-19,42H,6,8-9,14-16H2,1,3-5H3/b29-27+. The highest BCUT2D eigenvalue weighted by molar-refractivity contribution is 6.43. The van der Waals surface area contributed by atoms with Gasteiger partial charge in [0, 0.05) is 31.9 Å². The fourth-order valence-corrected chi connectivity index (χ4v) is 6.41. The van der Waals surface area contributed by atoms with Gasteiger partial charge in [-0.25, -0.2) is 5.01 Å². The second-order valence-electron chi connectivity index (χ2n) is 11.9. The summed E-state index contributed by atoms with van der Waals surface area (Å²) in [5, 5.41) is 16.7. The fourth-order valence-electron chi connectivity index (χ4n) is 6.41. The van der Waals surface area contributed by atoms with Crippen LogP contribution in [0.25, 0.3) is 27.1 Å². The number of amides is 1. The molecule has 2 aromatic heterocycles. The van der Waals surface area contributed by atoms with Gasteiger partial charge in [-0.05, 0) is 57.0 Å². The number of unbranched alkanes of at least 4 members (excludes halogenated alkanes) is 1. The summed E-state index contributed by atoms with van der Waals surface area (Å²) in [7, 11) is 0. The molecule has 48 heavy (non-hydrogen) atoms. The first-order valence-electron chi connectivity index (χ1n) is 15.8. The molecule has 1 aliphatic heterocycles. The molecule has 1 aliphatic carbocycles. The van der Waals surface area contributed by atoms with Gasteiger partial charge in [0.2, 0.25) is 5.78 Å². The Hall–Kier alpha value is -5.83. The number of aromatic nitrogens is 2. The number of aliphatic hydroxyl groups excluding tert-OH is 1. The highest BCUT2D eigenvalue weighted by Crippen LogP contribution is 2.40. The summed E-state index contributed by atoms with van der Waals surface area (Å²) in [6.45, 7) is 8.39. The van der Waals surface area contributed by atoms with E-state index in [1.807, 2.05) is 18.7 Å². The number of benzene rings is 2. The van der Waals surface area contributed by atoms with Crippen LogP contribution in [0.5, 0.6) is 0 Å². The predicted molar refractivity (Wildman–Crippen MR) is 184 cm³/mol. The number of anilines is 1. The van der Waals surface area contributed by atoms with Crippen molar-refractivity contribution >= 4 is 50.2 Å². The normalized spacial score (nSPS) is 17.0. The minimum atomic E-state index is -0.779. The molecule has 0 radical (unpaired) electrons. The van der Waals surface area contributed by atoms with Crippen LogP contribution in [0.4, 0.5) is 5.69 Å². The smallest absolute Gasteiger partial charge is 0.276 e. The molecule has 12 heteroatoms. The van der Waals surface area contributed by atoms with Crippen LogP contribution >= 0.6 is 0 Å². The highest BCUT2D eigenvalue weighted by atomic mass is 16.3. The molecular weight excluding hydrogens is 614 g/mol. The molecule has 12 nitrogen and oxygen atoms in total. The van der Waals surface area contributed by atoms with E-state index in [9.17, 15) is 33.9 Å². The number of aliphatic hydroxyl groups is 1. The van der Waals surface area contributed by atoms with Crippen LogP contribution in [0.2, 0.25) is 0 Å². The van der Waals surface area contributed by atoms with E-state index in [2.05, 4.69) is 11.0 Å². The number of allylic oxidation sites excluding steroid dienone is 2. The Morgan fingerprint density at radius 1 is 0.854 bits per heavy atom. The topological polar surface area (TPSA) is 151 Å². The number of ketones is 1. The lowest BCUT2D eigenvalue weighted by molar-refractivity contribution is -0.126. The van der Waals surface area contributed by atoms with Crippen LogP contribution in [-0.4, -0.2) is 56.3 Å². The van der Waals surface area contributed by atoms with E-state index in [-0.39, 0.29) is 57.1 Å². The van der Waals surface area contributed by atoms with Crippen LogP contribution in [0, 0.1) is 12.3 Å². The molecule has 2 aromatic carbocycles. The lowest BCUT2D eigenvalue weighted by Gasteiger charge is -2.25. The SMILES string of the molecule is C#CC(C)n1c(=O)c2cc3c(=O)n(CCN(CC)c4ccc(C5=C(O)/C(=C6\C(=O)N(CCCC)N=C6C)C5=O)cc4)c(=O)c3cc2c1=O. The Morgan fingerprint density at radius 2 is 1.44 bits per heavy atom. The average Bonchev–Trinajstić information content (AvgIpc) is 3.60. The first-order chi connectivity index (χ1) is 22.9. The number of likely N-dealkylation sites (N-methyl/N-ethyl adjacent to an activating group) is 1. The molecule has 0 saturated heterocycles. The summed E-state index contributed by atoms with van der Waals surface area (Å²) in [4.78, 5) is 80.4. The lowest BCUT2D eigenvalue weighted by atomic mass is 9.80. The van der Waals surface area contributed by atoms with Crippen LogP contribution in [0.15, 0.2) is 77.6 Å². The molecule has 0 spiro atoms. The second kappa shape index (κ2) is 12.1. The molecule has 1 amide bonds. The summed E-state index contributed by atoms with van der Waals surface area (Å²) in [5.74, 6) is 1.30. The van der Waals surface area contributed by atoms with Gasteiger partial charge in [0.05, 0.1) is 50.0 Å². The van der Waals surface area contributed by atoms with Crippen molar-refractivity contribution in [3.63, 3.8) is 0 Å². The van der Waals surface area contributed by atoms with Gasteiger partial charge in [-0.15, -0.1) is 6.42 Å². The van der Waals surface area contributed by atoms with Crippen LogP contribution in [0.1, 0.15) is 52.1 Å². The van der Waals surface area contributed by atoms with Crippen LogP contribution in [-0.2, 0) is 16.1 Å². The number of rotatable bonds is 10. The van der Waals surface area contributed by atoms with Crippen molar-refractivity contribution in [2.75, 3.05) is 24.5 Å². The minimum absolute atomic E-state index is 0.0196. The van der Waals surface area contributed by atoms with E-state index in [1.165, 1.54) is 17.1 Å². The van der Waals surface area contributed by atoms with Gasteiger partial charge in [0.15, 0.2) is 0 Å². The molecular formula is C36H33N5O7. The lowest BCUT2D eigenvalue weighted by Crippen LogP contribution is -2.34. The number of hydrogen-bond acceptors (Lipinski definition) is 9. The third kappa shape index (κ3) is 4.81. The summed E-state index contributed by atoms with van der Waals surface area (Å²) in [5.41, 5.74) is -0.468. The summed E-state index contributed by atoms with van der Waals surface area (Å²) in [6.07, 6.45) is 7.07. The average molecular weight is 648 g/mol. The van der Waals surface area contributed by atoms with Gasteiger partial charge < -0.3 is 10.0 Å². The number of fused-ring (bicyclic) bond motifs is 2. The second-order valence-corrected chi connectivity index (χ2v) is 11.9. The van der Waals surface area contributed by atoms with Crippen molar-refractivity contribution < 1.29 is 14.7 Å². The van der Waals surface area contributed by atoms with E-state index in [1.54, 1.807) is 38.1 Å². The Balaban J connectivity index is 1.23. The van der Waals surface area contributed by atoms with Gasteiger partial charge in [-0.3, -0.25) is 37.9 Å². The van der Waals surface area contributed by atoms with Crippen molar-refractivity contribution in [3.05, 3.63) is 100 Å². The van der Waals surface area contributed by atoms with E-state index in [0.29, 0.717) is 24.4 Å². The molecule has 0 fully saturated rings. The van der Waals surface area contributed by atoms with E-state index in [0.717, 1.165) is 27.7 Å². The third-order valence-corrected chi connectivity index (χ3v) is 9.11. The summed E-state index contributed by atoms with van der Waals surface area (Å²) in [6, 6.07) is 8.74. The van der Waals surface area contributed by atoms with Crippen LogP contribution < -0.4 is 27.1 Å². The third-order valence-electron chi connectivity index (χ3n) is 9.11. The van der Waals surface area contributed by atoms with Gasteiger partial charge in [0.1, 0.15) is 5.76 Å². The van der Waals surface area contributed by atoms with Crippen molar-refractivity contribution in [2.24, 2.45) is 5.10 Å². The predicted octanol–water partition coefficient (Wildman–Crippen LogP) is 2.80. The Labute approximate surface area is 274 Å². The van der Waals surface area contributed by atoms with Gasteiger partial charge in [0.25, 0.3) is 28.1 Å². The first-order valence-corrected chi connectivity index (χ1v) is 15.8. The maximum atomic E-state index is 13.3. The fraction of sp³-hybridized carbons (Fsp3) is 0.306. The molecule has 1 unspecified atom stereocenters. The zero-order valence-electron chi connectivity index (χ0n) is 27.0. The van der Waals surface area contributed by atoms with E-state index in [4.69, 9.17) is 6.42 Å². The van der Waals surface area contributed by atoms with Crippen LogP contribution in [0.3, 0.4) is 0 Å². The van der Waals surface area contributed by atoms with Crippen molar-refractivity contribution in [3.8, 4) is 12.3 Å². The number of hydrazone groups is 1. The van der Waals surface area contributed by atoms with Crippen molar-refractivity contribution in [1.82, 2.24) is 14.1 Å². The molecule has 0 saturated carbocycles. The van der Waals surface area contributed by atoms with Crippen molar-refractivity contribution in [2.45, 2.75) is 53.1 Å². The number of terminal acetylenes is 1. The quantitative estimate of drug-likeness (QED) is 0.204. The maximum Gasteiger partial charge on any atom is 0.276 e. The highest BCUT2D eigenvalue weighted by Gasteiger charge is 2.42. The molecule has 2 aliphatic rings. The molecule has 244 valence electrons.